The van der Waals surface area contributed by atoms with Gasteiger partial charge in [-0.25, -0.2) is 0 Å². The molecule has 2 aliphatic rings. The van der Waals surface area contributed by atoms with Crippen molar-refractivity contribution >= 4 is 5.97 Å². The van der Waals surface area contributed by atoms with Gasteiger partial charge in [-0.2, -0.15) is 0 Å². The maximum absolute atomic E-state index is 11.1. The normalized spacial score (nSPS) is 24.1. The molecule has 0 aromatic carbocycles. The van der Waals surface area contributed by atoms with Crippen LogP contribution in [0.4, 0.5) is 0 Å². The van der Waals surface area contributed by atoms with Crippen LogP contribution in [0.1, 0.15) is 43.8 Å². The van der Waals surface area contributed by atoms with E-state index < -0.39 is 5.97 Å². The third-order valence-corrected chi connectivity index (χ3v) is 4.32. The van der Waals surface area contributed by atoms with E-state index in [-0.39, 0.29) is 5.92 Å². The maximum atomic E-state index is 11.1. The highest BCUT2D eigenvalue weighted by molar-refractivity contribution is 5.70. The van der Waals surface area contributed by atoms with Gasteiger partial charge in [-0.15, -0.1) is 10.2 Å². The van der Waals surface area contributed by atoms with Crippen LogP contribution < -0.4 is 0 Å². The second-order valence-electron chi connectivity index (χ2n) is 5.57. The first-order valence-electron chi connectivity index (χ1n) is 6.88. The minimum absolute atomic E-state index is 0.268. The van der Waals surface area contributed by atoms with Crippen molar-refractivity contribution in [1.29, 1.82) is 0 Å². The molecule has 5 heteroatoms. The van der Waals surface area contributed by atoms with Crippen LogP contribution in [0.25, 0.3) is 0 Å². The summed E-state index contributed by atoms with van der Waals surface area (Å²) in [5.41, 5.74) is 0. The molecule has 1 saturated carbocycles. The Morgan fingerprint density at radius 3 is 2.78 bits per heavy atom. The molecular formula is C13H19N3O2. The number of fused-ring (bicyclic) bond motifs is 1. The van der Waals surface area contributed by atoms with Crippen molar-refractivity contribution in [2.75, 3.05) is 0 Å². The van der Waals surface area contributed by atoms with Crippen LogP contribution in [0.5, 0.6) is 0 Å². The fraction of sp³-hybridized carbons (Fsp3) is 0.769. The molecule has 3 rings (SSSR count). The van der Waals surface area contributed by atoms with Crippen LogP contribution in [0.15, 0.2) is 0 Å². The van der Waals surface area contributed by atoms with Crippen LogP contribution in [0.3, 0.4) is 0 Å². The van der Waals surface area contributed by atoms with Crippen LogP contribution in [0.2, 0.25) is 0 Å². The molecule has 1 aliphatic carbocycles. The third-order valence-electron chi connectivity index (χ3n) is 4.32. The second kappa shape index (κ2) is 4.71. The lowest BCUT2D eigenvalue weighted by molar-refractivity contribution is -0.142. The van der Waals surface area contributed by atoms with E-state index in [2.05, 4.69) is 14.8 Å². The third kappa shape index (κ3) is 2.13. The zero-order valence-electron chi connectivity index (χ0n) is 10.5. The van der Waals surface area contributed by atoms with Gasteiger partial charge in [0.1, 0.15) is 11.6 Å². The van der Waals surface area contributed by atoms with Crippen LogP contribution >= 0.6 is 0 Å². The Bertz CT molecular complexity index is 449. The predicted octanol–water partition coefficient (Wildman–Crippen LogP) is 1.66. The van der Waals surface area contributed by atoms with Crippen molar-refractivity contribution in [2.45, 2.75) is 51.5 Å². The number of aryl methyl sites for hydroxylation is 1. The largest absolute Gasteiger partial charge is 0.481 e. The summed E-state index contributed by atoms with van der Waals surface area (Å²) in [5, 5.41) is 17.6. The maximum Gasteiger partial charge on any atom is 0.308 e. The highest BCUT2D eigenvalue weighted by Gasteiger charge is 2.28. The quantitative estimate of drug-likeness (QED) is 0.884. The molecule has 1 aliphatic heterocycles. The van der Waals surface area contributed by atoms with E-state index in [1.165, 1.54) is 25.7 Å². The molecule has 5 nitrogen and oxygen atoms in total. The van der Waals surface area contributed by atoms with E-state index in [1.807, 2.05) is 0 Å². The summed E-state index contributed by atoms with van der Waals surface area (Å²) in [6.45, 7) is 0.555. The van der Waals surface area contributed by atoms with Crippen LogP contribution in [-0.4, -0.2) is 25.8 Å². The highest BCUT2D eigenvalue weighted by atomic mass is 16.4. The SMILES string of the molecule is O=C(O)C1CCc2nnc(CC3CCCC3)n2C1. The molecule has 1 fully saturated rings. The number of carboxylic acid groups (broad SMARTS) is 1. The fourth-order valence-electron chi connectivity index (χ4n) is 3.21. The molecule has 1 unspecified atom stereocenters. The zero-order valence-corrected chi connectivity index (χ0v) is 10.5. The molecule has 1 aromatic heterocycles. The minimum Gasteiger partial charge on any atom is -0.481 e. The molecular weight excluding hydrogens is 230 g/mol. The first-order chi connectivity index (χ1) is 8.74. The Morgan fingerprint density at radius 1 is 1.28 bits per heavy atom. The lowest BCUT2D eigenvalue weighted by Crippen LogP contribution is -2.28. The molecule has 98 valence electrons. The van der Waals surface area contributed by atoms with Gasteiger partial charge in [-0.1, -0.05) is 25.7 Å². The summed E-state index contributed by atoms with van der Waals surface area (Å²) in [6.07, 6.45) is 7.62. The average Bonchev–Trinajstić information content (AvgIpc) is 2.99. The lowest BCUT2D eigenvalue weighted by Gasteiger charge is -2.21. The van der Waals surface area contributed by atoms with E-state index in [4.69, 9.17) is 5.11 Å². The van der Waals surface area contributed by atoms with Crippen molar-refractivity contribution in [3.63, 3.8) is 0 Å². The first-order valence-corrected chi connectivity index (χ1v) is 6.88. The molecule has 2 heterocycles. The van der Waals surface area contributed by atoms with Crippen molar-refractivity contribution in [3.05, 3.63) is 11.6 Å². The van der Waals surface area contributed by atoms with Gasteiger partial charge in [0.05, 0.1) is 5.92 Å². The molecule has 18 heavy (non-hydrogen) atoms. The number of nitrogens with zero attached hydrogens (tertiary/aromatic N) is 3. The van der Waals surface area contributed by atoms with Gasteiger partial charge in [-0.3, -0.25) is 4.79 Å². The fourth-order valence-corrected chi connectivity index (χ4v) is 3.21. The van der Waals surface area contributed by atoms with Crippen LogP contribution in [0, 0.1) is 11.8 Å². The summed E-state index contributed by atoms with van der Waals surface area (Å²) in [7, 11) is 0. The molecule has 1 atom stereocenters. The lowest BCUT2D eigenvalue weighted by atomic mass is 9.98. The number of aliphatic carboxylic acids is 1. The predicted molar refractivity (Wildman–Crippen MR) is 65.1 cm³/mol. The van der Waals surface area contributed by atoms with Gasteiger partial charge in [0.2, 0.25) is 0 Å². The van der Waals surface area contributed by atoms with Crippen molar-refractivity contribution < 1.29 is 9.90 Å². The summed E-state index contributed by atoms with van der Waals surface area (Å²) >= 11 is 0. The minimum atomic E-state index is -0.693. The van der Waals surface area contributed by atoms with Crippen molar-refractivity contribution in [3.8, 4) is 0 Å². The highest BCUT2D eigenvalue weighted by Crippen LogP contribution is 2.29. The Morgan fingerprint density at radius 2 is 2.06 bits per heavy atom. The molecule has 1 aromatic rings. The Labute approximate surface area is 106 Å². The zero-order chi connectivity index (χ0) is 12.5. The van der Waals surface area contributed by atoms with Gasteiger partial charge >= 0.3 is 5.97 Å². The van der Waals surface area contributed by atoms with E-state index in [1.54, 1.807) is 0 Å². The second-order valence-corrected chi connectivity index (χ2v) is 5.57. The number of hydrogen-bond donors (Lipinski definition) is 1. The number of carbonyl (C=O) groups is 1. The van der Waals surface area contributed by atoms with Gasteiger partial charge in [-0.05, 0) is 12.3 Å². The molecule has 0 radical (unpaired) electrons. The van der Waals surface area contributed by atoms with Gasteiger partial charge in [0.25, 0.3) is 0 Å². The van der Waals surface area contributed by atoms with Crippen molar-refractivity contribution in [1.82, 2.24) is 14.8 Å². The molecule has 1 N–H and O–H groups in total. The number of carboxylic acids is 1. The van der Waals surface area contributed by atoms with E-state index in [0.29, 0.717) is 13.0 Å². The van der Waals surface area contributed by atoms with Crippen LogP contribution in [-0.2, 0) is 24.2 Å². The number of rotatable bonds is 3. The van der Waals surface area contributed by atoms with E-state index in [9.17, 15) is 4.79 Å². The molecule has 0 amide bonds. The summed E-state index contributed by atoms with van der Waals surface area (Å²) in [4.78, 5) is 11.1. The number of hydrogen-bond acceptors (Lipinski definition) is 3. The smallest absolute Gasteiger partial charge is 0.308 e. The molecule has 0 spiro atoms. The standard InChI is InChI=1S/C13H19N3O2/c17-13(18)10-5-6-11-14-15-12(16(11)8-10)7-9-3-1-2-4-9/h9-10H,1-8H2,(H,17,18). The monoisotopic (exact) mass is 249 g/mol. The average molecular weight is 249 g/mol. The summed E-state index contributed by atoms with van der Waals surface area (Å²) in [5.74, 6) is 1.74. The number of aromatic nitrogens is 3. The van der Waals surface area contributed by atoms with Gasteiger partial charge < -0.3 is 9.67 Å². The Kier molecular flexibility index (Phi) is 3.06. The first kappa shape index (κ1) is 11.7. The Balaban J connectivity index is 1.76. The van der Waals surface area contributed by atoms with Crippen molar-refractivity contribution in [2.24, 2.45) is 11.8 Å². The molecule has 0 saturated heterocycles. The molecule has 0 bridgehead atoms. The summed E-state index contributed by atoms with van der Waals surface area (Å²) in [6, 6.07) is 0. The Hall–Kier alpha value is -1.39. The van der Waals surface area contributed by atoms with Gasteiger partial charge in [0.15, 0.2) is 0 Å². The summed E-state index contributed by atoms with van der Waals surface area (Å²) < 4.78 is 2.06. The van der Waals surface area contributed by atoms with Gasteiger partial charge in [0, 0.05) is 19.4 Å². The van der Waals surface area contributed by atoms with E-state index in [0.717, 1.165) is 30.4 Å². The topological polar surface area (TPSA) is 68.0 Å². The van der Waals surface area contributed by atoms with E-state index >= 15 is 0 Å².